The first-order valence-corrected chi connectivity index (χ1v) is 23.2. The molecule has 4 heteroatoms. The van der Waals surface area contributed by atoms with Crippen LogP contribution >= 0.6 is 0 Å². The Morgan fingerprint density at radius 2 is 0.881 bits per heavy atom. The summed E-state index contributed by atoms with van der Waals surface area (Å²) < 4.78 is 18.0. The third-order valence-corrected chi connectivity index (χ3v) is 14.9. The van der Waals surface area contributed by atoms with E-state index in [1.165, 1.54) is 77.0 Å². The Morgan fingerprint density at radius 1 is 0.328 bits per heavy atom. The Balaban J connectivity index is 0.826. The number of aromatic nitrogens is 2. The summed E-state index contributed by atoms with van der Waals surface area (Å²) in [7, 11) is 0. The van der Waals surface area contributed by atoms with Crippen LogP contribution in [0.2, 0.25) is 0 Å². The molecule has 0 radical (unpaired) electrons. The minimum atomic E-state index is -0.0851. The second-order valence-corrected chi connectivity index (χ2v) is 18.8. The third kappa shape index (κ3) is 5.02. The third-order valence-electron chi connectivity index (χ3n) is 14.9. The molecule has 0 atom stereocenters. The highest BCUT2D eigenvalue weighted by atomic mass is 16.3. The summed E-state index contributed by atoms with van der Waals surface area (Å²) in [6.45, 7) is 4.64. The van der Waals surface area contributed by atoms with E-state index < -0.39 is 0 Å². The van der Waals surface area contributed by atoms with Crippen LogP contribution < -0.4 is 0 Å². The summed E-state index contributed by atoms with van der Waals surface area (Å²) in [4.78, 5) is 0. The highest BCUT2D eigenvalue weighted by Crippen LogP contribution is 2.53. The number of para-hydroxylation sites is 4. The lowest BCUT2D eigenvalue weighted by molar-refractivity contribution is 0.653. The average molecular weight is 857 g/mol. The molecule has 314 valence electrons. The maximum absolute atomic E-state index is 6.98. The molecule has 15 rings (SSSR count). The van der Waals surface area contributed by atoms with Crippen LogP contribution in [-0.2, 0) is 5.41 Å². The topological polar surface area (TPSA) is 36.1 Å². The van der Waals surface area contributed by atoms with Gasteiger partial charge in [-0.15, -0.1) is 0 Å². The Labute approximate surface area is 385 Å². The lowest BCUT2D eigenvalue weighted by Crippen LogP contribution is -2.14. The van der Waals surface area contributed by atoms with Gasteiger partial charge in [0.1, 0.15) is 22.3 Å². The predicted molar refractivity (Wildman–Crippen MR) is 278 cm³/mol. The first-order valence-electron chi connectivity index (χ1n) is 23.2. The normalized spacial score (nSPS) is 13.3. The average Bonchev–Trinajstić information content (AvgIpc) is 4.17. The fourth-order valence-electron chi connectivity index (χ4n) is 11.8. The fourth-order valence-corrected chi connectivity index (χ4v) is 11.8. The zero-order valence-corrected chi connectivity index (χ0v) is 36.8. The lowest BCUT2D eigenvalue weighted by atomic mass is 9.82. The minimum Gasteiger partial charge on any atom is -0.456 e. The minimum absolute atomic E-state index is 0.0851. The molecule has 0 spiro atoms. The number of benzene rings is 10. The highest BCUT2D eigenvalue weighted by molar-refractivity contribution is 6.16. The van der Waals surface area contributed by atoms with E-state index in [0.717, 1.165) is 66.4 Å². The van der Waals surface area contributed by atoms with E-state index in [4.69, 9.17) is 8.83 Å². The van der Waals surface area contributed by atoms with Crippen LogP contribution in [0.25, 0.3) is 132 Å². The van der Waals surface area contributed by atoms with Gasteiger partial charge >= 0.3 is 0 Å². The van der Waals surface area contributed by atoms with E-state index in [1.807, 2.05) is 12.1 Å². The van der Waals surface area contributed by atoms with E-state index in [1.54, 1.807) is 0 Å². The van der Waals surface area contributed by atoms with Crippen molar-refractivity contribution in [2.45, 2.75) is 19.3 Å². The fraction of sp³-hybridized carbons (Fsp3) is 0.0476. The molecule has 0 N–H and O–H groups in total. The van der Waals surface area contributed by atoms with E-state index in [-0.39, 0.29) is 5.41 Å². The van der Waals surface area contributed by atoms with Crippen molar-refractivity contribution in [3.63, 3.8) is 0 Å². The quantitative estimate of drug-likeness (QED) is 0.177. The number of hydrogen-bond donors (Lipinski definition) is 0. The molecule has 1 aliphatic rings. The van der Waals surface area contributed by atoms with Crippen molar-refractivity contribution in [3.05, 3.63) is 217 Å². The first-order chi connectivity index (χ1) is 33.0. The van der Waals surface area contributed by atoms with Crippen LogP contribution in [0.1, 0.15) is 25.0 Å². The van der Waals surface area contributed by atoms with Crippen LogP contribution in [0.5, 0.6) is 0 Å². The monoisotopic (exact) mass is 856 g/mol. The second kappa shape index (κ2) is 13.2. The zero-order chi connectivity index (χ0) is 44.1. The van der Waals surface area contributed by atoms with Crippen molar-refractivity contribution in [2.24, 2.45) is 0 Å². The molecule has 0 saturated carbocycles. The molecule has 0 fully saturated rings. The maximum atomic E-state index is 6.98. The summed E-state index contributed by atoms with van der Waals surface area (Å²) in [5, 5.41) is 9.47. The molecule has 0 unspecified atom stereocenters. The van der Waals surface area contributed by atoms with Crippen molar-refractivity contribution < 1.29 is 8.83 Å². The molecule has 67 heavy (non-hydrogen) atoms. The molecule has 0 saturated heterocycles. The Kier molecular flexibility index (Phi) is 7.26. The van der Waals surface area contributed by atoms with Crippen molar-refractivity contribution in [2.75, 3.05) is 0 Å². The summed E-state index contributed by atoms with van der Waals surface area (Å²) >= 11 is 0. The molecule has 1 aliphatic carbocycles. The number of furan rings is 2. The number of nitrogens with zero attached hydrogens (tertiary/aromatic N) is 2. The van der Waals surface area contributed by atoms with Gasteiger partial charge in [0.2, 0.25) is 0 Å². The van der Waals surface area contributed by atoms with Crippen LogP contribution in [0.15, 0.2) is 215 Å². The van der Waals surface area contributed by atoms with Gasteiger partial charge < -0.3 is 18.0 Å². The van der Waals surface area contributed by atoms with Crippen molar-refractivity contribution in [3.8, 4) is 44.8 Å². The molecule has 4 heterocycles. The van der Waals surface area contributed by atoms with Gasteiger partial charge in [-0.1, -0.05) is 147 Å². The van der Waals surface area contributed by atoms with Gasteiger partial charge in [0, 0.05) is 71.0 Å². The predicted octanol–water partition coefficient (Wildman–Crippen LogP) is 17.3. The van der Waals surface area contributed by atoms with Gasteiger partial charge in [-0.05, 0) is 106 Å². The molecule has 4 aromatic heterocycles. The van der Waals surface area contributed by atoms with Crippen LogP contribution in [0.4, 0.5) is 0 Å². The van der Waals surface area contributed by atoms with E-state index in [2.05, 4.69) is 217 Å². The van der Waals surface area contributed by atoms with Crippen molar-refractivity contribution >= 4 is 87.5 Å². The van der Waals surface area contributed by atoms with Gasteiger partial charge in [-0.3, -0.25) is 0 Å². The van der Waals surface area contributed by atoms with Gasteiger partial charge in [-0.25, -0.2) is 0 Å². The van der Waals surface area contributed by atoms with Gasteiger partial charge in [0.05, 0.1) is 22.1 Å². The Hall–Kier alpha value is -8.60. The Bertz CT molecular complexity index is 4420. The van der Waals surface area contributed by atoms with E-state index >= 15 is 0 Å². The molecular formula is C63H40N2O2. The lowest BCUT2D eigenvalue weighted by Gasteiger charge is -2.21. The largest absolute Gasteiger partial charge is 0.456 e. The molecule has 0 amide bonds. The molecule has 0 aliphatic heterocycles. The van der Waals surface area contributed by atoms with E-state index in [9.17, 15) is 0 Å². The smallest absolute Gasteiger partial charge is 0.143 e. The SMILES string of the molecule is CC1(C)c2ccccc2-c2c1ccc1c2oc2c(-c3ccc(-n4c5ccccc5c5cc(-c6ccc7c(c6)c6ccccc6n7-c6ccc7oc8ccccc8c7c6)ccc54)cc3)cccc21. The summed E-state index contributed by atoms with van der Waals surface area (Å²) in [5.74, 6) is 0. The van der Waals surface area contributed by atoms with Gasteiger partial charge in [0.15, 0.2) is 0 Å². The van der Waals surface area contributed by atoms with Crippen LogP contribution in [-0.4, -0.2) is 9.13 Å². The molecule has 10 aromatic carbocycles. The van der Waals surface area contributed by atoms with Crippen molar-refractivity contribution in [1.82, 2.24) is 9.13 Å². The molecular weight excluding hydrogens is 817 g/mol. The van der Waals surface area contributed by atoms with Crippen LogP contribution in [0.3, 0.4) is 0 Å². The molecule has 0 bridgehead atoms. The van der Waals surface area contributed by atoms with Gasteiger partial charge in [0.25, 0.3) is 0 Å². The first kappa shape index (κ1) is 36.7. The summed E-state index contributed by atoms with van der Waals surface area (Å²) in [6, 6.07) is 75.2. The number of hydrogen-bond acceptors (Lipinski definition) is 2. The van der Waals surface area contributed by atoms with Crippen LogP contribution in [0, 0.1) is 0 Å². The zero-order valence-electron chi connectivity index (χ0n) is 36.8. The highest BCUT2D eigenvalue weighted by Gasteiger charge is 2.37. The maximum Gasteiger partial charge on any atom is 0.143 e. The van der Waals surface area contributed by atoms with Crippen molar-refractivity contribution in [1.29, 1.82) is 0 Å². The second-order valence-electron chi connectivity index (χ2n) is 18.8. The van der Waals surface area contributed by atoms with Gasteiger partial charge in [-0.2, -0.15) is 0 Å². The summed E-state index contributed by atoms with van der Waals surface area (Å²) in [5.41, 5.74) is 20.3. The standard InChI is InChI=1S/C63H40N2O2/c1-63(2)52-18-7-3-15-48(52)60-53(63)30-29-47-46-17-11-16-42(61(46)67-62(47)60)37-22-26-40(27-23-37)64-54-19-8-4-12-43(54)49-34-38(24-31-56(49)64)39-25-32-57-50(35-39)44-13-5-9-20-55(44)65(57)41-28-33-59-51(36-41)45-14-6-10-21-58(45)66-59/h3-36H,1-2H3. The molecule has 14 aromatic rings. The number of rotatable bonds is 4. The number of fused-ring (bicyclic) bond motifs is 16. The van der Waals surface area contributed by atoms with E-state index in [0.29, 0.717) is 0 Å². The molecule has 4 nitrogen and oxygen atoms in total. The summed E-state index contributed by atoms with van der Waals surface area (Å²) in [6.07, 6.45) is 0. The Morgan fingerprint density at radius 3 is 1.63 bits per heavy atom.